The van der Waals surface area contributed by atoms with Gasteiger partial charge >= 0.3 is 0 Å². The SMILES string of the molecule is CCCCC(NCc1ccc(O)cc1)c1ccc(F)cc1. The third-order valence-electron chi connectivity index (χ3n) is 3.61. The van der Waals surface area contributed by atoms with Crippen LogP contribution in [-0.2, 0) is 6.54 Å². The normalized spacial score (nSPS) is 12.3. The van der Waals surface area contributed by atoms with E-state index in [2.05, 4.69) is 12.2 Å². The second kappa shape index (κ2) is 7.79. The van der Waals surface area contributed by atoms with E-state index in [0.717, 1.165) is 36.9 Å². The molecular weight excluding hydrogens is 265 g/mol. The van der Waals surface area contributed by atoms with E-state index >= 15 is 0 Å². The lowest BCUT2D eigenvalue weighted by Crippen LogP contribution is -2.21. The van der Waals surface area contributed by atoms with E-state index in [0.29, 0.717) is 0 Å². The standard InChI is InChI=1S/C18H22FNO/c1-2-3-4-18(15-7-9-16(19)10-8-15)20-13-14-5-11-17(21)12-6-14/h5-12,18,20-21H,2-4,13H2,1H3. The zero-order chi connectivity index (χ0) is 15.1. The Bertz CT molecular complexity index is 536. The summed E-state index contributed by atoms with van der Waals surface area (Å²) in [6.07, 6.45) is 3.30. The highest BCUT2D eigenvalue weighted by Gasteiger charge is 2.10. The maximum absolute atomic E-state index is 13.0. The molecule has 2 rings (SSSR count). The molecule has 0 heterocycles. The first-order chi connectivity index (χ1) is 10.2. The first-order valence-corrected chi connectivity index (χ1v) is 7.46. The number of nitrogens with one attached hydrogen (secondary N) is 1. The Morgan fingerprint density at radius 2 is 1.71 bits per heavy atom. The van der Waals surface area contributed by atoms with Gasteiger partial charge in [0.1, 0.15) is 11.6 Å². The van der Waals surface area contributed by atoms with E-state index in [1.54, 1.807) is 12.1 Å². The number of halogens is 1. The lowest BCUT2D eigenvalue weighted by Gasteiger charge is -2.19. The smallest absolute Gasteiger partial charge is 0.123 e. The van der Waals surface area contributed by atoms with Gasteiger partial charge in [-0.15, -0.1) is 0 Å². The van der Waals surface area contributed by atoms with Gasteiger partial charge in [-0.25, -0.2) is 4.39 Å². The summed E-state index contributed by atoms with van der Waals surface area (Å²) in [5, 5.41) is 12.8. The van der Waals surface area contributed by atoms with Crippen molar-refractivity contribution in [2.45, 2.75) is 38.8 Å². The van der Waals surface area contributed by atoms with Crippen LogP contribution in [0.5, 0.6) is 5.75 Å². The minimum atomic E-state index is -0.202. The number of benzene rings is 2. The third-order valence-corrected chi connectivity index (χ3v) is 3.61. The van der Waals surface area contributed by atoms with Crippen LogP contribution in [0.15, 0.2) is 48.5 Å². The van der Waals surface area contributed by atoms with Crippen molar-refractivity contribution in [3.63, 3.8) is 0 Å². The predicted octanol–water partition coefficient (Wildman–Crippen LogP) is 4.55. The molecule has 0 aromatic heterocycles. The maximum Gasteiger partial charge on any atom is 0.123 e. The van der Waals surface area contributed by atoms with Crippen LogP contribution in [0, 0.1) is 5.82 Å². The fourth-order valence-electron chi connectivity index (χ4n) is 2.34. The van der Waals surface area contributed by atoms with E-state index in [1.165, 1.54) is 12.1 Å². The number of phenols is 1. The van der Waals surface area contributed by atoms with Crippen molar-refractivity contribution >= 4 is 0 Å². The van der Waals surface area contributed by atoms with Gasteiger partial charge in [0.25, 0.3) is 0 Å². The summed E-state index contributed by atoms with van der Waals surface area (Å²) < 4.78 is 13.0. The Balaban J connectivity index is 2.02. The molecule has 112 valence electrons. The molecule has 2 aromatic rings. The number of phenolic OH excluding ortho intramolecular Hbond substituents is 1. The molecule has 0 aliphatic heterocycles. The topological polar surface area (TPSA) is 32.3 Å². The largest absolute Gasteiger partial charge is 0.508 e. The molecule has 21 heavy (non-hydrogen) atoms. The average molecular weight is 287 g/mol. The average Bonchev–Trinajstić information content (AvgIpc) is 2.50. The molecule has 0 bridgehead atoms. The van der Waals surface area contributed by atoms with Crippen LogP contribution >= 0.6 is 0 Å². The Morgan fingerprint density at radius 1 is 1.05 bits per heavy atom. The van der Waals surface area contributed by atoms with Crippen molar-refractivity contribution in [2.75, 3.05) is 0 Å². The fraction of sp³-hybridized carbons (Fsp3) is 0.333. The lowest BCUT2D eigenvalue weighted by atomic mass is 10.0. The Morgan fingerprint density at radius 3 is 2.33 bits per heavy atom. The Hall–Kier alpha value is -1.87. The summed E-state index contributed by atoms with van der Waals surface area (Å²) in [7, 11) is 0. The van der Waals surface area contributed by atoms with Crippen LogP contribution in [0.4, 0.5) is 4.39 Å². The summed E-state index contributed by atoms with van der Waals surface area (Å²) in [6.45, 7) is 2.90. The first-order valence-electron chi connectivity index (χ1n) is 7.46. The molecule has 2 N–H and O–H groups in total. The lowest BCUT2D eigenvalue weighted by molar-refractivity contribution is 0.471. The molecule has 2 aromatic carbocycles. The highest BCUT2D eigenvalue weighted by Crippen LogP contribution is 2.21. The Labute approximate surface area is 125 Å². The van der Waals surface area contributed by atoms with Gasteiger partial charge < -0.3 is 10.4 Å². The van der Waals surface area contributed by atoms with Crippen molar-refractivity contribution in [1.82, 2.24) is 5.32 Å². The molecule has 1 atom stereocenters. The van der Waals surface area contributed by atoms with Crippen LogP contribution in [0.25, 0.3) is 0 Å². The number of rotatable bonds is 7. The highest BCUT2D eigenvalue weighted by atomic mass is 19.1. The minimum absolute atomic E-state index is 0.202. The molecule has 0 amide bonds. The summed E-state index contributed by atoms with van der Waals surface area (Å²) in [5.41, 5.74) is 2.24. The number of hydrogen-bond acceptors (Lipinski definition) is 2. The van der Waals surface area contributed by atoms with Crippen LogP contribution < -0.4 is 5.32 Å². The van der Waals surface area contributed by atoms with Crippen molar-refractivity contribution in [3.05, 3.63) is 65.5 Å². The molecule has 0 fully saturated rings. The molecule has 0 aliphatic carbocycles. The van der Waals surface area contributed by atoms with Crippen molar-refractivity contribution < 1.29 is 9.50 Å². The van der Waals surface area contributed by atoms with Gasteiger partial charge in [0.15, 0.2) is 0 Å². The van der Waals surface area contributed by atoms with Crippen molar-refractivity contribution in [3.8, 4) is 5.75 Å². The molecule has 0 aliphatic rings. The summed E-state index contributed by atoms with van der Waals surface area (Å²) in [5.74, 6) is 0.0753. The first kappa shape index (κ1) is 15.5. The molecule has 2 nitrogen and oxygen atoms in total. The van der Waals surface area contributed by atoms with Gasteiger partial charge in [0, 0.05) is 12.6 Å². The summed E-state index contributed by atoms with van der Waals surface area (Å²) >= 11 is 0. The second-order valence-electron chi connectivity index (χ2n) is 5.29. The van der Waals surface area contributed by atoms with Gasteiger partial charge in [-0.1, -0.05) is 44.0 Å². The number of aromatic hydroxyl groups is 1. The summed E-state index contributed by atoms with van der Waals surface area (Å²) in [6, 6.07) is 14.1. The number of unbranched alkanes of at least 4 members (excludes halogenated alkanes) is 1. The second-order valence-corrected chi connectivity index (χ2v) is 5.29. The highest BCUT2D eigenvalue weighted by molar-refractivity contribution is 5.26. The quantitative estimate of drug-likeness (QED) is 0.783. The van der Waals surface area contributed by atoms with Gasteiger partial charge in [-0.2, -0.15) is 0 Å². The van der Waals surface area contributed by atoms with Gasteiger partial charge in [-0.3, -0.25) is 0 Å². The molecular formula is C18H22FNO. The third kappa shape index (κ3) is 4.87. The van der Waals surface area contributed by atoms with Crippen LogP contribution in [0.3, 0.4) is 0 Å². The van der Waals surface area contributed by atoms with Crippen molar-refractivity contribution in [2.24, 2.45) is 0 Å². The van der Waals surface area contributed by atoms with Gasteiger partial charge in [0.05, 0.1) is 0 Å². The monoisotopic (exact) mass is 287 g/mol. The van der Waals surface area contributed by atoms with E-state index in [9.17, 15) is 9.50 Å². The van der Waals surface area contributed by atoms with Gasteiger partial charge in [-0.05, 0) is 41.8 Å². The maximum atomic E-state index is 13.0. The van der Waals surface area contributed by atoms with E-state index < -0.39 is 0 Å². The molecule has 0 radical (unpaired) electrons. The van der Waals surface area contributed by atoms with Crippen LogP contribution in [0.2, 0.25) is 0 Å². The van der Waals surface area contributed by atoms with E-state index in [4.69, 9.17) is 0 Å². The predicted molar refractivity (Wildman–Crippen MR) is 83.6 cm³/mol. The molecule has 3 heteroatoms. The zero-order valence-corrected chi connectivity index (χ0v) is 12.3. The minimum Gasteiger partial charge on any atom is -0.508 e. The van der Waals surface area contributed by atoms with E-state index in [-0.39, 0.29) is 17.6 Å². The Kier molecular flexibility index (Phi) is 5.76. The molecule has 0 saturated heterocycles. The molecule has 1 unspecified atom stereocenters. The van der Waals surface area contributed by atoms with Crippen LogP contribution in [0.1, 0.15) is 43.4 Å². The zero-order valence-electron chi connectivity index (χ0n) is 12.3. The fourth-order valence-corrected chi connectivity index (χ4v) is 2.34. The molecule has 0 spiro atoms. The van der Waals surface area contributed by atoms with Crippen molar-refractivity contribution in [1.29, 1.82) is 0 Å². The number of hydrogen-bond donors (Lipinski definition) is 2. The van der Waals surface area contributed by atoms with E-state index in [1.807, 2.05) is 24.3 Å². The molecule has 0 saturated carbocycles. The summed E-state index contributed by atoms with van der Waals surface area (Å²) in [4.78, 5) is 0. The van der Waals surface area contributed by atoms with Gasteiger partial charge in [0.2, 0.25) is 0 Å². The van der Waals surface area contributed by atoms with Crippen LogP contribution in [-0.4, -0.2) is 5.11 Å².